The summed E-state index contributed by atoms with van der Waals surface area (Å²) in [5, 5.41) is 8.44. The normalized spacial score (nSPS) is 17.4. The van der Waals surface area contributed by atoms with Crippen molar-refractivity contribution in [3.05, 3.63) is 0 Å². The molecule has 3 heteroatoms. The molecule has 1 fully saturated rings. The van der Waals surface area contributed by atoms with Gasteiger partial charge >= 0.3 is 0 Å². The van der Waals surface area contributed by atoms with Gasteiger partial charge in [0.25, 0.3) is 0 Å². The van der Waals surface area contributed by atoms with E-state index >= 15 is 0 Å². The van der Waals surface area contributed by atoms with Gasteiger partial charge < -0.3 is 5.73 Å². The fourth-order valence-corrected chi connectivity index (χ4v) is 1.23. The van der Waals surface area contributed by atoms with Crippen LogP contribution in [0.3, 0.4) is 0 Å². The molecule has 0 aromatic heterocycles. The van der Waals surface area contributed by atoms with Crippen molar-refractivity contribution in [2.75, 3.05) is 0 Å². The highest BCUT2D eigenvalue weighted by atomic mass is 16.1. The predicted octanol–water partition coefficient (Wildman–Crippen LogP) is 1.19. The van der Waals surface area contributed by atoms with Gasteiger partial charge in [-0.1, -0.05) is 19.3 Å². The number of primary amides is 1. The molecule has 0 aromatic carbocycles. The van der Waals surface area contributed by atoms with Crippen LogP contribution < -0.4 is 5.73 Å². The Kier molecular flexibility index (Phi) is 6.40. The van der Waals surface area contributed by atoms with Crippen molar-refractivity contribution in [1.29, 1.82) is 5.26 Å². The quantitative estimate of drug-likeness (QED) is 0.532. The first-order valence-electron chi connectivity index (χ1n) is 3.90. The molecule has 0 radical (unpaired) electrons. The van der Waals surface area contributed by atoms with Gasteiger partial charge in [0.15, 0.2) is 0 Å². The number of carbonyl (C=O) groups excluding carboxylic acids is 1. The minimum atomic E-state index is 0.250. The van der Waals surface area contributed by atoms with E-state index in [1.165, 1.54) is 19.3 Å². The maximum absolute atomic E-state index is 8.58. The van der Waals surface area contributed by atoms with E-state index in [0.29, 0.717) is 5.92 Å². The van der Waals surface area contributed by atoms with Crippen LogP contribution in [0.25, 0.3) is 0 Å². The van der Waals surface area contributed by atoms with Crippen molar-refractivity contribution in [2.24, 2.45) is 11.7 Å². The molecule has 0 saturated heterocycles. The second-order valence-electron chi connectivity index (χ2n) is 2.60. The lowest BCUT2D eigenvalue weighted by molar-refractivity contribution is -0.106. The lowest BCUT2D eigenvalue weighted by atomic mass is 9.91. The highest BCUT2D eigenvalue weighted by molar-refractivity contribution is 5.42. The van der Waals surface area contributed by atoms with Gasteiger partial charge in [-0.25, -0.2) is 0 Å². The Morgan fingerprint density at radius 3 is 2.09 bits per heavy atom. The minimum absolute atomic E-state index is 0.250. The molecule has 62 valence electrons. The first-order chi connectivity index (χ1) is 5.35. The molecule has 1 saturated carbocycles. The molecule has 2 N–H and O–H groups in total. The fraction of sp³-hybridized carbons (Fsp3) is 0.750. The van der Waals surface area contributed by atoms with E-state index in [1.807, 2.05) is 0 Å². The summed E-state index contributed by atoms with van der Waals surface area (Å²) >= 11 is 0. The van der Waals surface area contributed by atoms with Gasteiger partial charge in [0.2, 0.25) is 6.41 Å². The Hall–Kier alpha value is -1.04. The van der Waals surface area contributed by atoms with Gasteiger partial charge in [-0.05, 0) is 12.8 Å². The monoisotopic (exact) mass is 154 g/mol. The Balaban J connectivity index is 0.000000292. The van der Waals surface area contributed by atoms with E-state index in [2.05, 4.69) is 11.8 Å². The first kappa shape index (κ1) is 9.96. The standard InChI is InChI=1S/C7H11N.CH3NO/c8-6-7-4-2-1-3-5-7;2-1-3/h7H,1-5H2;1H,(H2,2,3). The average Bonchev–Trinajstić information content (AvgIpc) is 2.08. The molecule has 1 aliphatic rings. The van der Waals surface area contributed by atoms with Crippen LogP contribution in [0.4, 0.5) is 0 Å². The average molecular weight is 154 g/mol. The smallest absolute Gasteiger partial charge is 0.204 e. The van der Waals surface area contributed by atoms with Crippen molar-refractivity contribution >= 4 is 6.41 Å². The van der Waals surface area contributed by atoms with E-state index in [9.17, 15) is 0 Å². The number of nitriles is 1. The molecule has 1 amide bonds. The lowest BCUT2D eigenvalue weighted by Crippen LogP contribution is -2.02. The molecular formula is C8H14N2O. The van der Waals surface area contributed by atoms with Crippen molar-refractivity contribution in [2.45, 2.75) is 32.1 Å². The third kappa shape index (κ3) is 5.41. The number of hydrogen-bond donors (Lipinski definition) is 1. The van der Waals surface area contributed by atoms with Crippen LogP contribution >= 0.6 is 0 Å². The van der Waals surface area contributed by atoms with Gasteiger partial charge in [-0.15, -0.1) is 0 Å². The third-order valence-corrected chi connectivity index (χ3v) is 1.79. The zero-order valence-electron chi connectivity index (χ0n) is 6.62. The number of nitrogens with zero attached hydrogens (tertiary/aromatic N) is 1. The van der Waals surface area contributed by atoms with Crippen LogP contribution in [0.1, 0.15) is 32.1 Å². The molecule has 0 unspecified atom stereocenters. The summed E-state index contributed by atoms with van der Waals surface area (Å²) in [6, 6.07) is 2.30. The van der Waals surface area contributed by atoms with E-state index in [0.717, 1.165) is 12.8 Å². The van der Waals surface area contributed by atoms with Crippen molar-refractivity contribution in [3.8, 4) is 6.07 Å². The van der Waals surface area contributed by atoms with Crippen molar-refractivity contribution in [3.63, 3.8) is 0 Å². The number of hydrogen-bond acceptors (Lipinski definition) is 2. The Bertz CT molecular complexity index is 134. The van der Waals surface area contributed by atoms with Crippen LogP contribution in [-0.4, -0.2) is 6.41 Å². The van der Waals surface area contributed by atoms with Gasteiger partial charge in [0.1, 0.15) is 0 Å². The SMILES string of the molecule is N#CC1CCCCC1.NC=O. The summed E-state index contributed by atoms with van der Waals surface area (Å²) in [5.74, 6) is 0.392. The van der Waals surface area contributed by atoms with Crippen LogP contribution in [-0.2, 0) is 4.79 Å². The fourth-order valence-electron chi connectivity index (χ4n) is 1.23. The summed E-state index contributed by atoms with van der Waals surface area (Å²) in [4.78, 5) is 8.58. The maximum Gasteiger partial charge on any atom is 0.204 e. The highest BCUT2D eigenvalue weighted by Gasteiger charge is 2.10. The van der Waals surface area contributed by atoms with Gasteiger partial charge in [-0.2, -0.15) is 5.26 Å². The molecule has 0 heterocycles. The summed E-state index contributed by atoms with van der Waals surface area (Å²) in [7, 11) is 0. The second-order valence-corrected chi connectivity index (χ2v) is 2.60. The largest absolute Gasteiger partial charge is 0.372 e. The van der Waals surface area contributed by atoms with E-state index < -0.39 is 0 Å². The Morgan fingerprint density at radius 1 is 1.36 bits per heavy atom. The van der Waals surface area contributed by atoms with Gasteiger partial charge in [-0.3, -0.25) is 4.79 Å². The number of carbonyl (C=O) groups is 1. The minimum Gasteiger partial charge on any atom is -0.372 e. The maximum atomic E-state index is 8.58. The summed E-state index contributed by atoms with van der Waals surface area (Å²) < 4.78 is 0. The molecule has 3 nitrogen and oxygen atoms in total. The van der Waals surface area contributed by atoms with Crippen molar-refractivity contribution in [1.82, 2.24) is 0 Å². The molecule has 0 aromatic rings. The molecule has 1 aliphatic carbocycles. The number of amides is 1. The molecule has 1 rings (SSSR count). The molecule has 0 atom stereocenters. The van der Waals surface area contributed by atoms with Crippen LogP contribution in [0.5, 0.6) is 0 Å². The topological polar surface area (TPSA) is 66.9 Å². The summed E-state index contributed by atoms with van der Waals surface area (Å²) in [6.07, 6.45) is 6.45. The summed E-state index contributed by atoms with van der Waals surface area (Å²) in [6.45, 7) is 0. The van der Waals surface area contributed by atoms with Crippen LogP contribution in [0.15, 0.2) is 0 Å². The highest BCUT2D eigenvalue weighted by Crippen LogP contribution is 2.22. The number of rotatable bonds is 0. The van der Waals surface area contributed by atoms with E-state index in [-0.39, 0.29) is 6.41 Å². The lowest BCUT2D eigenvalue weighted by Gasteiger charge is -2.13. The molecule has 11 heavy (non-hydrogen) atoms. The molecule has 0 aliphatic heterocycles. The molecule has 0 spiro atoms. The van der Waals surface area contributed by atoms with E-state index in [4.69, 9.17) is 10.1 Å². The van der Waals surface area contributed by atoms with Crippen molar-refractivity contribution < 1.29 is 4.79 Å². The van der Waals surface area contributed by atoms with Crippen LogP contribution in [0.2, 0.25) is 0 Å². The van der Waals surface area contributed by atoms with E-state index in [1.54, 1.807) is 0 Å². The number of nitrogens with two attached hydrogens (primary N) is 1. The molecule has 0 bridgehead atoms. The Labute approximate surface area is 67.2 Å². The summed E-state index contributed by atoms with van der Waals surface area (Å²) in [5.41, 5.74) is 4.17. The first-order valence-corrected chi connectivity index (χ1v) is 3.90. The zero-order valence-corrected chi connectivity index (χ0v) is 6.62. The Morgan fingerprint density at radius 2 is 1.82 bits per heavy atom. The van der Waals surface area contributed by atoms with Gasteiger partial charge in [0.05, 0.1) is 6.07 Å². The molecular weight excluding hydrogens is 140 g/mol. The second kappa shape index (κ2) is 7.07. The predicted molar refractivity (Wildman–Crippen MR) is 42.4 cm³/mol. The third-order valence-electron chi connectivity index (χ3n) is 1.79. The van der Waals surface area contributed by atoms with Gasteiger partial charge in [0, 0.05) is 5.92 Å². The van der Waals surface area contributed by atoms with Crippen LogP contribution in [0, 0.1) is 17.2 Å². The zero-order chi connectivity index (χ0) is 8.53.